The summed E-state index contributed by atoms with van der Waals surface area (Å²) in [7, 11) is 2.07. The zero-order valence-corrected chi connectivity index (χ0v) is 12.5. The van der Waals surface area contributed by atoms with Gasteiger partial charge >= 0.3 is 6.18 Å². The van der Waals surface area contributed by atoms with Crippen molar-refractivity contribution < 1.29 is 13.2 Å². The highest BCUT2D eigenvalue weighted by molar-refractivity contribution is 6.29. The molecule has 2 heterocycles. The van der Waals surface area contributed by atoms with Crippen molar-refractivity contribution in [2.45, 2.75) is 6.18 Å². The van der Waals surface area contributed by atoms with Gasteiger partial charge in [0.2, 0.25) is 0 Å². The van der Waals surface area contributed by atoms with E-state index in [1.54, 1.807) is 0 Å². The van der Waals surface area contributed by atoms with Crippen LogP contribution in [0, 0.1) is 0 Å². The van der Waals surface area contributed by atoms with Crippen LogP contribution in [0.4, 0.5) is 19.0 Å². The minimum absolute atomic E-state index is 0.156. The van der Waals surface area contributed by atoms with E-state index in [0.29, 0.717) is 6.54 Å². The maximum absolute atomic E-state index is 12.7. The summed E-state index contributed by atoms with van der Waals surface area (Å²) >= 11 is 5.63. The average Bonchev–Trinajstić information content (AvgIpc) is 2.39. The van der Waals surface area contributed by atoms with Gasteiger partial charge in [0, 0.05) is 39.3 Å². The minimum Gasteiger partial charge on any atom is -0.369 e. The molecule has 1 aliphatic rings. The van der Waals surface area contributed by atoms with E-state index >= 15 is 0 Å². The molecule has 0 saturated carbocycles. The summed E-state index contributed by atoms with van der Waals surface area (Å²) in [4.78, 5) is 8.38. The first kappa shape index (κ1) is 16.3. The fourth-order valence-corrected chi connectivity index (χ4v) is 2.37. The van der Waals surface area contributed by atoms with Crippen molar-refractivity contribution in [3.63, 3.8) is 0 Å². The first-order valence-electron chi connectivity index (χ1n) is 6.74. The van der Waals surface area contributed by atoms with Crippen molar-refractivity contribution in [2.24, 2.45) is 0 Å². The molecule has 118 valence electrons. The molecule has 0 radical (unpaired) electrons. The molecular weight excluding hydrogens is 305 g/mol. The molecule has 1 aromatic heterocycles. The van der Waals surface area contributed by atoms with Crippen LogP contribution in [0.3, 0.4) is 0 Å². The second kappa shape index (κ2) is 6.81. The largest absolute Gasteiger partial charge is 0.416 e. The Bertz CT molecular complexity index is 473. The molecule has 8 heteroatoms. The lowest BCUT2D eigenvalue weighted by atomic mass is 10.2. The third-order valence-electron chi connectivity index (χ3n) is 3.45. The molecule has 1 aromatic rings. The number of hydrogen-bond donors (Lipinski definition) is 1. The van der Waals surface area contributed by atoms with Crippen LogP contribution >= 0.6 is 11.6 Å². The van der Waals surface area contributed by atoms with Gasteiger partial charge in [-0.1, -0.05) is 11.6 Å². The van der Waals surface area contributed by atoms with E-state index in [0.717, 1.165) is 44.9 Å². The Morgan fingerprint density at radius 3 is 2.52 bits per heavy atom. The van der Waals surface area contributed by atoms with E-state index in [1.165, 1.54) is 0 Å². The average molecular weight is 323 g/mol. The molecule has 0 atom stereocenters. The maximum atomic E-state index is 12.7. The first-order valence-corrected chi connectivity index (χ1v) is 7.12. The number of pyridine rings is 1. The highest BCUT2D eigenvalue weighted by Gasteiger charge is 2.31. The molecule has 0 aliphatic carbocycles. The fraction of sp³-hybridized carbons (Fsp3) is 0.615. The number of alkyl halides is 3. The SMILES string of the molecule is CN1CCN(CCNc2cc(C(F)(F)F)cc(Cl)n2)CC1. The quantitative estimate of drug-likeness (QED) is 0.863. The van der Waals surface area contributed by atoms with Gasteiger partial charge < -0.3 is 10.2 Å². The van der Waals surface area contributed by atoms with Gasteiger partial charge in [0.1, 0.15) is 11.0 Å². The summed E-state index contributed by atoms with van der Waals surface area (Å²) < 4.78 is 38.0. The van der Waals surface area contributed by atoms with Gasteiger partial charge in [-0.05, 0) is 19.2 Å². The number of aromatic nitrogens is 1. The predicted molar refractivity (Wildman–Crippen MR) is 76.7 cm³/mol. The summed E-state index contributed by atoms with van der Waals surface area (Å²) in [5, 5.41) is 2.75. The van der Waals surface area contributed by atoms with Crippen molar-refractivity contribution in [3.05, 3.63) is 22.8 Å². The Balaban J connectivity index is 1.87. The summed E-state index contributed by atoms with van der Waals surface area (Å²) in [6.45, 7) is 5.25. The number of rotatable bonds is 4. The van der Waals surface area contributed by atoms with E-state index in [-0.39, 0.29) is 11.0 Å². The van der Waals surface area contributed by atoms with Crippen LogP contribution in [0.2, 0.25) is 5.15 Å². The summed E-state index contributed by atoms with van der Waals surface area (Å²) in [6.07, 6.45) is -4.42. The number of hydrogen-bond acceptors (Lipinski definition) is 4. The Labute approximate surface area is 126 Å². The highest BCUT2D eigenvalue weighted by atomic mass is 35.5. The van der Waals surface area contributed by atoms with E-state index in [9.17, 15) is 13.2 Å². The predicted octanol–water partition coefficient (Wildman–Crippen LogP) is 2.41. The number of anilines is 1. The molecular formula is C13H18ClF3N4. The van der Waals surface area contributed by atoms with Crippen LogP contribution in [0.25, 0.3) is 0 Å². The van der Waals surface area contributed by atoms with Crippen molar-refractivity contribution >= 4 is 17.4 Å². The molecule has 2 rings (SSSR count). The van der Waals surface area contributed by atoms with Crippen molar-refractivity contribution in [3.8, 4) is 0 Å². The van der Waals surface area contributed by atoms with E-state index in [2.05, 4.69) is 27.1 Å². The van der Waals surface area contributed by atoms with Gasteiger partial charge in [-0.25, -0.2) is 4.98 Å². The first-order chi connectivity index (χ1) is 9.84. The molecule has 1 saturated heterocycles. The molecule has 1 aliphatic heterocycles. The zero-order valence-electron chi connectivity index (χ0n) is 11.8. The monoisotopic (exact) mass is 322 g/mol. The van der Waals surface area contributed by atoms with Crippen molar-refractivity contribution in [1.29, 1.82) is 0 Å². The lowest BCUT2D eigenvalue weighted by Gasteiger charge is -2.32. The van der Waals surface area contributed by atoms with Crippen LogP contribution < -0.4 is 5.32 Å². The Kier molecular flexibility index (Phi) is 5.29. The lowest BCUT2D eigenvalue weighted by Crippen LogP contribution is -2.45. The van der Waals surface area contributed by atoms with Gasteiger partial charge in [0.15, 0.2) is 0 Å². The number of halogens is 4. The second-order valence-corrected chi connectivity index (χ2v) is 5.52. The number of piperazine rings is 1. The molecule has 4 nitrogen and oxygen atoms in total. The number of nitrogens with one attached hydrogen (secondary N) is 1. The highest BCUT2D eigenvalue weighted by Crippen LogP contribution is 2.31. The van der Waals surface area contributed by atoms with Gasteiger partial charge in [0.25, 0.3) is 0 Å². The zero-order chi connectivity index (χ0) is 15.5. The fourth-order valence-electron chi connectivity index (χ4n) is 2.16. The molecule has 1 N–H and O–H groups in total. The minimum atomic E-state index is -4.42. The van der Waals surface area contributed by atoms with Gasteiger partial charge in [0.05, 0.1) is 5.56 Å². The third-order valence-corrected chi connectivity index (χ3v) is 3.65. The van der Waals surface area contributed by atoms with Crippen molar-refractivity contribution in [2.75, 3.05) is 51.6 Å². The summed E-state index contributed by atoms with van der Waals surface area (Å²) in [5.41, 5.74) is -0.787. The van der Waals surface area contributed by atoms with Gasteiger partial charge in [-0.3, -0.25) is 4.90 Å². The topological polar surface area (TPSA) is 31.4 Å². The van der Waals surface area contributed by atoms with E-state index < -0.39 is 11.7 Å². The molecule has 0 unspecified atom stereocenters. The molecule has 1 fully saturated rings. The Hall–Kier alpha value is -1.05. The van der Waals surface area contributed by atoms with Crippen LogP contribution in [0.1, 0.15) is 5.56 Å². The standard InChI is InChI=1S/C13H18ClF3N4/c1-20-4-6-21(7-5-20)3-2-18-12-9-10(13(15,16)17)8-11(14)19-12/h8-9H,2-7H2,1H3,(H,18,19). The number of likely N-dealkylation sites (N-methyl/N-ethyl adjacent to an activating group) is 1. The van der Waals surface area contributed by atoms with Crippen LogP contribution in [0.5, 0.6) is 0 Å². The maximum Gasteiger partial charge on any atom is 0.416 e. The smallest absolute Gasteiger partial charge is 0.369 e. The third kappa shape index (κ3) is 5.01. The Morgan fingerprint density at radius 2 is 1.90 bits per heavy atom. The van der Waals surface area contributed by atoms with Crippen LogP contribution in [-0.4, -0.2) is 61.1 Å². The summed E-state index contributed by atoms with van der Waals surface area (Å²) in [5.74, 6) is 0.156. The molecule has 21 heavy (non-hydrogen) atoms. The van der Waals surface area contributed by atoms with Gasteiger partial charge in [-0.15, -0.1) is 0 Å². The number of nitrogens with zero attached hydrogens (tertiary/aromatic N) is 3. The van der Waals surface area contributed by atoms with Crippen molar-refractivity contribution in [1.82, 2.24) is 14.8 Å². The molecule has 0 bridgehead atoms. The second-order valence-electron chi connectivity index (χ2n) is 5.13. The van der Waals surface area contributed by atoms with Gasteiger partial charge in [-0.2, -0.15) is 13.2 Å². The molecule has 0 spiro atoms. The molecule has 0 aromatic carbocycles. The normalized spacial score (nSPS) is 18.0. The van der Waals surface area contributed by atoms with Crippen LogP contribution in [0.15, 0.2) is 12.1 Å². The van der Waals surface area contributed by atoms with Crippen LogP contribution in [-0.2, 0) is 6.18 Å². The van der Waals surface area contributed by atoms with E-state index in [1.807, 2.05) is 0 Å². The van der Waals surface area contributed by atoms with E-state index in [4.69, 9.17) is 11.6 Å². The molecule has 0 amide bonds. The Morgan fingerprint density at radius 1 is 1.24 bits per heavy atom. The lowest BCUT2D eigenvalue weighted by molar-refractivity contribution is -0.137. The summed E-state index contributed by atoms with van der Waals surface area (Å²) in [6, 6.07) is 1.81.